The van der Waals surface area contributed by atoms with Gasteiger partial charge in [-0.25, -0.2) is 0 Å². The fourth-order valence-corrected chi connectivity index (χ4v) is 2.32. The number of carbonyl (C=O) groups excluding carboxylic acids is 1. The number of carbonyl (C=O) groups is 1. The van der Waals surface area contributed by atoms with E-state index in [0.717, 1.165) is 17.0 Å². The highest BCUT2D eigenvalue weighted by atomic mass is 32.2. The molecule has 0 saturated heterocycles. The van der Waals surface area contributed by atoms with Crippen LogP contribution in [0.1, 0.15) is 24.0 Å². The predicted molar refractivity (Wildman–Crippen MR) is 70.9 cm³/mol. The lowest BCUT2D eigenvalue weighted by Crippen LogP contribution is -2.15. The number of rotatable bonds is 6. The van der Waals surface area contributed by atoms with E-state index in [9.17, 15) is 4.79 Å². The molecule has 0 spiro atoms. The highest BCUT2D eigenvalue weighted by molar-refractivity contribution is 8.00. The summed E-state index contributed by atoms with van der Waals surface area (Å²) in [5.74, 6) is -0.169. The van der Waals surface area contributed by atoms with Crippen molar-refractivity contribution in [3.8, 4) is 6.07 Å². The maximum atomic E-state index is 10.7. The average molecular weight is 261 g/mol. The van der Waals surface area contributed by atoms with Crippen LogP contribution in [0, 0.1) is 11.3 Å². The molecule has 1 aromatic carbocycles. The van der Waals surface area contributed by atoms with Crippen molar-refractivity contribution in [3.63, 3.8) is 0 Å². The minimum Gasteiger partial charge on any atom is -0.369 e. The van der Waals surface area contributed by atoms with Gasteiger partial charge >= 0.3 is 0 Å². The van der Waals surface area contributed by atoms with Crippen LogP contribution in [0.5, 0.6) is 0 Å². The molecule has 0 radical (unpaired) electrons. The molecule has 1 fully saturated rings. The summed E-state index contributed by atoms with van der Waals surface area (Å²) in [6, 6.07) is 8.56. The molecule has 0 atom stereocenters. The molecule has 1 amide bonds. The van der Waals surface area contributed by atoms with Crippen LogP contribution in [0.4, 0.5) is 0 Å². The summed E-state index contributed by atoms with van der Waals surface area (Å²) >= 11 is 1.31. The standard InChI is InChI=1S/C13H15N3OS/c14-6-10-5-9(7-16-11-2-3-11)1-4-12(10)18-8-13(15)17/h1,4-5,11,16H,2-3,7-8H2,(H2,15,17). The van der Waals surface area contributed by atoms with Gasteiger partial charge in [0.2, 0.25) is 5.91 Å². The largest absolute Gasteiger partial charge is 0.369 e. The number of hydrogen-bond donors (Lipinski definition) is 2. The van der Waals surface area contributed by atoms with Gasteiger partial charge in [-0.2, -0.15) is 5.26 Å². The lowest BCUT2D eigenvalue weighted by Gasteiger charge is -2.07. The lowest BCUT2D eigenvalue weighted by atomic mass is 10.1. The summed E-state index contributed by atoms with van der Waals surface area (Å²) in [5, 5.41) is 12.5. The highest BCUT2D eigenvalue weighted by Crippen LogP contribution is 2.24. The average Bonchev–Trinajstić information content (AvgIpc) is 3.18. The van der Waals surface area contributed by atoms with E-state index in [1.54, 1.807) is 0 Å². The zero-order valence-electron chi connectivity index (χ0n) is 9.98. The van der Waals surface area contributed by atoms with E-state index >= 15 is 0 Å². The molecular formula is C13H15N3OS. The summed E-state index contributed by atoms with van der Waals surface area (Å²) in [6.07, 6.45) is 2.50. The maximum Gasteiger partial charge on any atom is 0.227 e. The quantitative estimate of drug-likeness (QED) is 0.758. The topological polar surface area (TPSA) is 78.9 Å². The van der Waals surface area contributed by atoms with Gasteiger partial charge in [0, 0.05) is 17.5 Å². The third kappa shape index (κ3) is 3.76. The molecule has 1 aliphatic rings. The molecule has 1 aromatic rings. The molecule has 94 valence electrons. The Morgan fingerprint density at radius 2 is 2.33 bits per heavy atom. The minimum atomic E-state index is -0.372. The first kappa shape index (κ1) is 12.9. The Morgan fingerprint density at radius 3 is 2.94 bits per heavy atom. The zero-order chi connectivity index (χ0) is 13.0. The molecule has 5 heteroatoms. The second-order valence-corrected chi connectivity index (χ2v) is 5.37. The van der Waals surface area contributed by atoms with Crippen molar-refractivity contribution in [2.45, 2.75) is 30.3 Å². The maximum absolute atomic E-state index is 10.7. The van der Waals surface area contributed by atoms with Crippen molar-refractivity contribution in [3.05, 3.63) is 29.3 Å². The van der Waals surface area contributed by atoms with Gasteiger partial charge in [0.1, 0.15) is 6.07 Å². The summed E-state index contributed by atoms with van der Waals surface area (Å²) < 4.78 is 0. The van der Waals surface area contributed by atoms with Crippen molar-refractivity contribution in [2.75, 3.05) is 5.75 Å². The fourth-order valence-electron chi connectivity index (χ4n) is 1.60. The van der Waals surface area contributed by atoms with Gasteiger partial charge in [-0.15, -0.1) is 11.8 Å². The smallest absolute Gasteiger partial charge is 0.227 e. The Kier molecular flexibility index (Phi) is 4.24. The molecule has 0 aromatic heterocycles. The van der Waals surface area contributed by atoms with E-state index in [4.69, 9.17) is 11.0 Å². The number of benzene rings is 1. The van der Waals surface area contributed by atoms with Crippen molar-refractivity contribution in [1.82, 2.24) is 5.32 Å². The number of nitrogens with one attached hydrogen (secondary N) is 1. The number of nitrogens with zero attached hydrogens (tertiary/aromatic N) is 1. The van der Waals surface area contributed by atoms with Crippen LogP contribution in [0.15, 0.2) is 23.1 Å². The number of nitriles is 1. The van der Waals surface area contributed by atoms with Crippen LogP contribution in [-0.4, -0.2) is 17.7 Å². The summed E-state index contributed by atoms with van der Waals surface area (Å²) in [6.45, 7) is 0.792. The minimum absolute atomic E-state index is 0.203. The van der Waals surface area contributed by atoms with Crippen LogP contribution in [0.3, 0.4) is 0 Å². The second-order valence-electron chi connectivity index (χ2n) is 4.35. The van der Waals surface area contributed by atoms with Crippen LogP contribution >= 0.6 is 11.8 Å². The molecular weight excluding hydrogens is 246 g/mol. The Morgan fingerprint density at radius 1 is 1.56 bits per heavy atom. The van der Waals surface area contributed by atoms with E-state index in [-0.39, 0.29) is 11.7 Å². The summed E-state index contributed by atoms with van der Waals surface area (Å²) in [4.78, 5) is 11.5. The summed E-state index contributed by atoms with van der Waals surface area (Å²) in [5.41, 5.74) is 6.80. The molecule has 0 unspecified atom stereocenters. The first-order valence-electron chi connectivity index (χ1n) is 5.86. The van der Waals surface area contributed by atoms with Crippen LogP contribution in [0.25, 0.3) is 0 Å². The number of thioether (sulfide) groups is 1. The number of hydrogen-bond acceptors (Lipinski definition) is 4. The van der Waals surface area contributed by atoms with E-state index in [2.05, 4.69) is 11.4 Å². The van der Waals surface area contributed by atoms with Crippen LogP contribution in [0.2, 0.25) is 0 Å². The van der Waals surface area contributed by atoms with Gasteiger partial charge in [-0.3, -0.25) is 4.79 Å². The highest BCUT2D eigenvalue weighted by Gasteiger charge is 2.20. The van der Waals surface area contributed by atoms with Crippen molar-refractivity contribution in [1.29, 1.82) is 5.26 Å². The zero-order valence-corrected chi connectivity index (χ0v) is 10.8. The van der Waals surface area contributed by atoms with E-state index in [0.29, 0.717) is 11.6 Å². The molecule has 4 nitrogen and oxygen atoms in total. The van der Waals surface area contributed by atoms with Crippen LogP contribution < -0.4 is 11.1 Å². The van der Waals surface area contributed by atoms with Gasteiger partial charge in [0.15, 0.2) is 0 Å². The Bertz CT molecular complexity index is 491. The Balaban J connectivity index is 2.02. The van der Waals surface area contributed by atoms with Gasteiger partial charge in [0.05, 0.1) is 11.3 Å². The SMILES string of the molecule is N#Cc1cc(CNC2CC2)ccc1SCC(N)=O. The third-order valence-electron chi connectivity index (χ3n) is 2.71. The lowest BCUT2D eigenvalue weighted by molar-refractivity contribution is -0.115. The number of primary amides is 1. The van der Waals surface area contributed by atoms with E-state index in [1.807, 2.05) is 18.2 Å². The van der Waals surface area contributed by atoms with E-state index in [1.165, 1.54) is 24.6 Å². The van der Waals surface area contributed by atoms with Crippen molar-refractivity contribution in [2.24, 2.45) is 5.73 Å². The van der Waals surface area contributed by atoms with Gasteiger partial charge in [0.25, 0.3) is 0 Å². The number of nitrogens with two attached hydrogens (primary N) is 1. The summed E-state index contributed by atoms with van der Waals surface area (Å²) in [7, 11) is 0. The molecule has 0 heterocycles. The Labute approximate surface area is 111 Å². The second kappa shape index (κ2) is 5.89. The molecule has 0 aliphatic heterocycles. The van der Waals surface area contributed by atoms with Crippen molar-refractivity contribution >= 4 is 17.7 Å². The Hall–Kier alpha value is -1.51. The first-order chi connectivity index (χ1) is 8.69. The third-order valence-corrected chi connectivity index (χ3v) is 3.80. The normalized spacial score (nSPS) is 14.2. The predicted octanol–water partition coefficient (Wildman–Crippen LogP) is 1.39. The number of amides is 1. The molecule has 2 rings (SSSR count). The molecule has 18 heavy (non-hydrogen) atoms. The van der Waals surface area contributed by atoms with Crippen LogP contribution in [-0.2, 0) is 11.3 Å². The van der Waals surface area contributed by atoms with Gasteiger partial charge < -0.3 is 11.1 Å². The van der Waals surface area contributed by atoms with Gasteiger partial charge in [-0.1, -0.05) is 6.07 Å². The molecule has 0 bridgehead atoms. The monoisotopic (exact) mass is 261 g/mol. The molecule has 1 saturated carbocycles. The molecule has 1 aliphatic carbocycles. The van der Waals surface area contributed by atoms with Gasteiger partial charge in [-0.05, 0) is 30.5 Å². The van der Waals surface area contributed by atoms with E-state index < -0.39 is 0 Å². The molecule has 3 N–H and O–H groups in total. The first-order valence-corrected chi connectivity index (χ1v) is 6.85. The van der Waals surface area contributed by atoms with Crippen molar-refractivity contribution < 1.29 is 4.79 Å². The fraction of sp³-hybridized carbons (Fsp3) is 0.385.